The summed E-state index contributed by atoms with van der Waals surface area (Å²) in [6.07, 6.45) is 18.3. The summed E-state index contributed by atoms with van der Waals surface area (Å²) < 4.78 is 1.37. The third-order valence-electron chi connectivity index (χ3n) is 13.0. The van der Waals surface area contributed by atoms with E-state index >= 15 is 0 Å². The Morgan fingerprint density at radius 2 is 1.32 bits per heavy atom. The summed E-state index contributed by atoms with van der Waals surface area (Å²) in [7, 11) is 0. The van der Waals surface area contributed by atoms with Crippen LogP contribution < -0.4 is 9.80 Å². The number of anilines is 5. The minimum absolute atomic E-state index is 0.290. The molecule has 2 heterocycles. The van der Waals surface area contributed by atoms with Crippen LogP contribution in [-0.4, -0.2) is 6.04 Å². The van der Waals surface area contributed by atoms with E-state index in [4.69, 9.17) is 0 Å². The van der Waals surface area contributed by atoms with Crippen LogP contribution in [0.2, 0.25) is 0 Å². The molecule has 0 fully saturated rings. The van der Waals surface area contributed by atoms with Crippen LogP contribution in [0.4, 0.5) is 28.4 Å². The molecule has 59 heavy (non-hydrogen) atoms. The first kappa shape index (κ1) is 34.4. The van der Waals surface area contributed by atoms with Gasteiger partial charge in [0.05, 0.1) is 11.7 Å². The maximum atomic E-state index is 2.52. The number of thiophene rings is 1. The number of fused-ring (bicyclic) bond motifs is 9. The number of aryl methyl sites for hydroxylation is 1. The predicted molar refractivity (Wildman–Crippen MR) is 253 cm³/mol. The lowest BCUT2D eigenvalue weighted by molar-refractivity contribution is 0.831. The molecule has 0 spiro atoms. The van der Waals surface area contributed by atoms with Gasteiger partial charge in [-0.15, -0.1) is 11.3 Å². The van der Waals surface area contributed by atoms with Crippen LogP contribution in [0.3, 0.4) is 0 Å². The van der Waals surface area contributed by atoms with Crippen molar-refractivity contribution >= 4 is 83.9 Å². The average molecular weight is 775 g/mol. The van der Waals surface area contributed by atoms with Gasteiger partial charge in [-0.25, -0.2) is 0 Å². The zero-order valence-corrected chi connectivity index (χ0v) is 33.6. The number of nitrogens with zero attached hydrogens (tertiary/aromatic N) is 2. The number of hydrogen-bond donors (Lipinski definition) is 0. The maximum Gasteiger partial charge on any atom is 0.0633 e. The normalized spacial score (nSPS) is 17.6. The Bertz CT molecular complexity index is 3050. The minimum atomic E-state index is 0.290. The summed E-state index contributed by atoms with van der Waals surface area (Å²) in [6, 6.07) is 59.1. The summed E-state index contributed by atoms with van der Waals surface area (Å²) >= 11 is 1.96. The van der Waals surface area contributed by atoms with Crippen LogP contribution in [-0.2, 0) is 6.42 Å². The molecule has 282 valence electrons. The second kappa shape index (κ2) is 14.0. The molecule has 8 aromatic rings. The molecular formula is C56H42N2S. The minimum Gasteiger partial charge on any atom is -0.333 e. The molecule has 3 aliphatic carbocycles. The summed E-state index contributed by atoms with van der Waals surface area (Å²) in [5.74, 6) is 0.356. The second-order valence-corrected chi connectivity index (χ2v) is 17.3. The summed E-state index contributed by atoms with van der Waals surface area (Å²) in [5, 5.41) is 3.96. The largest absolute Gasteiger partial charge is 0.333 e. The number of para-hydroxylation sites is 2. The van der Waals surface area contributed by atoms with Crippen molar-refractivity contribution in [2.75, 3.05) is 9.80 Å². The van der Waals surface area contributed by atoms with E-state index in [1.165, 1.54) is 93.0 Å². The zero-order chi connectivity index (χ0) is 38.9. The molecule has 0 N–H and O–H groups in total. The summed E-state index contributed by atoms with van der Waals surface area (Å²) in [5.41, 5.74) is 16.9. The SMILES string of the molecule is C1=Cc2c(cc(N(c3ccc(C4=CCC5C(=C4)c4ccccc4N5c4ccccc4)cc3)c3ccc(C4CC=Cc5c4sc4ccccc54)cc3)c3ccccc23)CC1. The second-order valence-electron chi connectivity index (χ2n) is 16.2. The summed E-state index contributed by atoms with van der Waals surface area (Å²) in [4.78, 5) is 6.50. The quantitative estimate of drug-likeness (QED) is 0.166. The van der Waals surface area contributed by atoms with Gasteiger partial charge in [0.1, 0.15) is 0 Å². The molecule has 0 amide bonds. The topological polar surface area (TPSA) is 6.48 Å². The Hall–Kier alpha value is -6.68. The molecule has 2 nitrogen and oxygen atoms in total. The lowest BCUT2D eigenvalue weighted by Gasteiger charge is -2.30. The molecule has 12 rings (SSSR count). The number of benzene rings is 7. The number of hydrogen-bond acceptors (Lipinski definition) is 3. The molecule has 0 saturated carbocycles. The van der Waals surface area contributed by atoms with Gasteiger partial charge in [-0.2, -0.15) is 0 Å². The van der Waals surface area contributed by atoms with E-state index in [9.17, 15) is 0 Å². The average Bonchev–Trinajstić information content (AvgIpc) is 3.86. The molecule has 3 heteroatoms. The Morgan fingerprint density at radius 3 is 2.17 bits per heavy atom. The highest BCUT2D eigenvalue weighted by molar-refractivity contribution is 7.19. The third kappa shape index (κ3) is 5.67. The molecule has 1 aromatic heterocycles. The number of allylic oxidation sites excluding steroid dienone is 4. The van der Waals surface area contributed by atoms with Gasteiger partial charge >= 0.3 is 0 Å². The van der Waals surface area contributed by atoms with Crippen LogP contribution >= 0.6 is 11.3 Å². The smallest absolute Gasteiger partial charge is 0.0633 e. The lowest BCUT2D eigenvalue weighted by Crippen LogP contribution is -2.27. The molecule has 0 bridgehead atoms. The van der Waals surface area contributed by atoms with Crippen molar-refractivity contribution in [2.24, 2.45) is 0 Å². The van der Waals surface area contributed by atoms with E-state index in [0.29, 0.717) is 12.0 Å². The third-order valence-corrected chi connectivity index (χ3v) is 14.3. The van der Waals surface area contributed by atoms with Crippen LogP contribution in [0.25, 0.3) is 44.2 Å². The van der Waals surface area contributed by atoms with Gasteiger partial charge in [-0.3, -0.25) is 0 Å². The molecule has 0 radical (unpaired) electrons. The van der Waals surface area contributed by atoms with Gasteiger partial charge in [0.15, 0.2) is 0 Å². The van der Waals surface area contributed by atoms with E-state index in [0.717, 1.165) is 31.4 Å². The van der Waals surface area contributed by atoms with Gasteiger partial charge in [-0.1, -0.05) is 134 Å². The first-order chi connectivity index (χ1) is 29.3. The van der Waals surface area contributed by atoms with E-state index in [1.807, 2.05) is 11.3 Å². The monoisotopic (exact) mass is 774 g/mol. The highest BCUT2D eigenvalue weighted by Crippen LogP contribution is 2.50. The van der Waals surface area contributed by atoms with Gasteiger partial charge in [0.25, 0.3) is 0 Å². The van der Waals surface area contributed by atoms with Crippen molar-refractivity contribution in [3.8, 4) is 0 Å². The standard InChI is InChI=1S/C56H42N2S/c1-2-14-41(15-3-1)58-52-23-10-8-19-48(52)51-35-39(29-34-53(51)58)37-25-30-42(31-26-37)57(54-36-40-13-4-5-16-44(40)46-17-6-7-18-47(46)54)43-32-27-38(28-33-43)45-21-12-22-50-49-20-9-11-24-55(49)59-56(45)50/h1-3,5-12,14-20,22-33,35-36,45,53H,4,13,21,34H2. The Kier molecular flexibility index (Phi) is 8.16. The van der Waals surface area contributed by atoms with Gasteiger partial charge < -0.3 is 9.80 Å². The van der Waals surface area contributed by atoms with Crippen molar-refractivity contribution in [1.29, 1.82) is 0 Å². The predicted octanol–water partition coefficient (Wildman–Crippen LogP) is 15.4. The molecule has 2 unspecified atom stereocenters. The van der Waals surface area contributed by atoms with Crippen molar-refractivity contribution in [1.82, 2.24) is 0 Å². The van der Waals surface area contributed by atoms with Crippen molar-refractivity contribution in [2.45, 2.75) is 37.6 Å². The number of rotatable bonds is 6. The highest BCUT2D eigenvalue weighted by Gasteiger charge is 2.36. The zero-order valence-electron chi connectivity index (χ0n) is 32.8. The maximum absolute atomic E-state index is 2.52. The van der Waals surface area contributed by atoms with Crippen LogP contribution in [0, 0.1) is 0 Å². The highest BCUT2D eigenvalue weighted by atomic mass is 32.1. The van der Waals surface area contributed by atoms with Gasteiger partial charge in [-0.05, 0) is 136 Å². The fourth-order valence-corrected chi connectivity index (χ4v) is 11.5. The van der Waals surface area contributed by atoms with Crippen molar-refractivity contribution < 1.29 is 0 Å². The Balaban J connectivity index is 0.936. The molecule has 0 saturated heterocycles. The van der Waals surface area contributed by atoms with Crippen LogP contribution in [0.5, 0.6) is 0 Å². The van der Waals surface area contributed by atoms with E-state index in [-0.39, 0.29) is 0 Å². The van der Waals surface area contributed by atoms with E-state index in [1.54, 1.807) is 0 Å². The Morgan fingerprint density at radius 1 is 0.610 bits per heavy atom. The fraction of sp³-hybridized carbons (Fsp3) is 0.107. The van der Waals surface area contributed by atoms with Gasteiger partial charge in [0, 0.05) is 49.2 Å². The Labute approximate surface area is 350 Å². The van der Waals surface area contributed by atoms with Gasteiger partial charge in [0.2, 0.25) is 0 Å². The molecule has 2 atom stereocenters. The van der Waals surface area contributed by atoms with Crippen molar-refractivity contribution in [3.05, 3.63) is 220 Å². The summed E-state index contributed by atoms with van der Waals surface area (Å²) in [6.45, 7) is 0. The van der Waals surface area contributed by atoms with E-state index in [2.05, 4.69) is 204 Å². The first-order valence-corrected chi connectivity index (χ1v) is 21.8. The van der Waals surface area contributed by atoms with Crippen molar-refractivity contribution in [3.63, 3.8) is 0 Å². The van der Waals surface area contributed by atoms with E-state index < -0.39 is 0 Å². The molecule has 7 aromatic carbocycles. The molecular weight excluding hydrogens is 733 g/mol. The molecule has 4 aliphatic rings. The van der Waals surface area contributed by atoms with Crippen LogP contribution in [0.15, 0.2) is 182 Å². The lowest BCUT2D eigenvalue weighted by atomic mass is 9.87. The first-order valence-electron chi connectivity index (χ1n) is 21.0. The molecule has 1 aliphatic heterocycles. The van der Waals surface area contributed by atoms with Crippen LogP contribution in [0.1, 0.15) is 63.4 Å². The fourth-order valence-electron chi connectivity index (χ4n) is 10.2.